The maximum Gasteiger partial charge on any atom is 0.275 e. The highest BCUT2D eigenvalue weighted by molar-refractivity contribution is 7.25. The van der Waals surface area contributed by atoms with Crippen LogP contribution in [0.1, 0.15) is 0 Å². The third-order valence-corrected chi connectivity index (χ3v) is 4.69. The van der Waals surface area contributed by atoms with Gasteiger partial charge >= 0.3 is 0 Å². The number of aromatic hydroxyl groups is 1. The molecule has 3 heterocycles. The Balaban J connectivity index is 2.06. The largest absolute Gasteiger partial charge is 0.507 e. The van der Waals surface area contributed by atoms with E-state index in [0.717, 1.165) is 0 Å². The second kappa shape index (κ2) is 4.79. The van der Waals surface area contributed by atoms with Crippen LogP contribution in [-0.4, -0.2) is 19.6 Å². The lowest BCUT2D eigenvalue weighted by Gasteiger charge is -2.04. The standard InChI is InChI=1S/C15H8ClN3O2S/c16-8-1-3-9(4-2-8)19-7-18-12-11-10(20)5-6-17-14(11)22-13(12)15(19)21/h1-7H,(H,17,20). The van der Waals surface area contributed by atoms with E-state index in [1.54, 1.807) is 24.3 Å². The molecule has 0 aliphatic carbocycles. The Morgan fingerprint density at radius 1 is 1.14 bits per heavy atom. The average molecular weight is 330 g/mol. The van der Waals surface area contributed by atoms with Gasteiger partial charge in [-0.05, 0) is 30.3 Å². The molecule has 108 valence electrons. The van der Waals surface area contributed by atoms with Gasteiger partial charge in [-0.1, -0.05) is 11.6 Å². The van der Waals surface area contributed by atoms with Crippen LogP contribution < -0.4 is 5.56 Å². The maximum absolute atomic E-state index is 12.7. The predicted octanol–water partition coefficient (Wildman–Crippen LogP) is 3.35. The van der Waals surface area contributed by atoms with Crippen molar-refractivity contribution in [2.75, 3.05) is 0 Å². The average Bonchev–Trinajstić information content (AvgIpc) is 2.90. The monoisotopic (exact) mass is 329 g/mol. The number of nitrogens with zero attached hydrogens (tertiary/aromatic N) is 3. The highest BCUT2D eigenvalue weighted by Crippen LogP contribution is 2.34. The quantitative estimate of drug-likeness (QED) is 0.581. The number of pyridine rings is 1. The van der Waals surface area contributed by atoms with Gasteiger partial charge in [0.15, 0.2) is 0 Å². The van der Waals surface area contributed by atoms with Crippen LogP contribution in [0.4, 0.5) is 0 Å². The normalized spacial score (nSPS) is 11.3. The predicted molar refractivity (Wildman–Crippen MR) is 87.2 cm³/mol. The van der Waals surface area contributed by atoms with E-state index in [2.05, 4.69) is 9.97 Å². The molecular weight excluding hydrogens is 322 g/mol. The van der Waals surface area contributed by atoms with Crippen molar-refractivity contribution >= 4 is 43.4 Å². The number of rotatable bonds is 1. The van der Waals surface area contributed by atoms with Gasteiger partial charge in [0.25, 0.3) is 5.56 Å². The maximum atomic E-state index is 12.7. The fourth-order valence-corrected chi connectivity index (χ4v) is 3.50. The minimum atomic E-state index is -0.199. The number of halogens is 1. The Hall–Kier alpha value is -2.44. The van der Waals surface area contributed by atoms with Crippen LogP contribution in [0.15, 0.2) is 47.7 Å². The van der Waals surface area contributed by atoms with E-state index in [1.165, 1.54) is 34.5 Å². The number of benzene rings is 1. The van der Waals surface area contributed by atoms with E-state index in [-0.39, 0.29) is 11.3 Å². The van der Waals surface area contributed by atoms with E-state index in [9.17, 15) is 9.90 Å². The molecule has 0 aliphatic heterocycles. The molecule has 5 nitrogen and oxygen atoms in total. The van der Waals surface area contributed by atoms with Crippen molar-refractivity contribution in [2.24, 2.45) is 0 Å². The molecular formula is C15H8ClN3O2S. The van der Waals surface area contributed by atoms with E-state index in [0.29, 0.717) is 31.1 Å². The summed E-state index contributed by atoms with van der Waals surface area (Å²) in [5.41, 5.74) is 0.953. The van der Waals surface area contributed by atoms with Crippen molar-refractivity contribution in [1.29, 1.82) is 0 Å². The zero-order chi connectivity index (χ0) is 15.3. The van der Waals surface area contributed by atoms with E-state index in [1.807, 2.05) is 0 Å². The first-order chi connectivity index (χ1) is 10.6. The molecule has 4 aromatic rings. The Kier molecular flexibility index (Phi) is 2.88. The molecule has 4 rings (SSSR count). The van der Waals surface area contributed by atoms with Crippen molar-refractivity contribution in [3.8, 4) is 11.4 Å². The second-order valence-corrected chi connectivity index (χ2v) is 6.12. The summed E-state index contributed by atoms with van der Waals surface area (Å²) < 4.78 is 1.91. The SMILES string of the molecule is O=c1c2sc3nccc(O)c3c2ncn1-c1ccc(Cl)cc1. The van der Waals surface area contributed by atoms with Crippen molar-refractivity contribution in [2.45, 2.75) is 0 Å². The molecule has 0 bridgehead atoms. The minimum Gasteiger partial charge on any atom is -0.507 e. The second-order valence-electron chi connectivity index (χ2n) is 4.69. The Bertz CT molecular complexity index is 1070. The summed E-state index contributed by atoms with van der Waals surface area (Å²) in [6, 6.07) is 8.42. The number of fused-ring (bicyclic) bond motifs is 3. The van der Waals surface area contributed by atoms with Crippen LogP contribution in [0.3, 0.4) is 0 Å². The molecule has 0 unspecified atom stereocenters. The first-order valence-electron chi connectivity index (χ1n) is 6.39. The summed E-state index contributed by atoms with van der Waals surface area (Å²) in [5, 5.41) is 11.1. The molecule has 1 aromatic carbocycles. The molecule has 0 atom stereocenters. The minimum absolute atomic E-state index is 0.0763. The molecule has 3 aromatic heterocycles. The van der Waals surface area contributed by atoms with Gasteiger partial charge in [0, 0.05) is 11.2 Å². The number of hydrogen-bond acceptors (Lipinski definition) is 5. The van der Waals surface area contributed by atoms with E-state index >= 15 is 0 Å². The smallest absolute Gasteiger partial charge is 0.275 e. The van der Waals surface area contributed by atoms with Gasteiger partial charge in [0.1, 0.15) is 27.1 Å². The molecule has 0 amide bonds. The Labute approximate surface area is 133 Å². The van der Waals surface area contributed by atoms with E-state index in [4.69, 9.17) is 11.6 Å². The van der Waals surface area contributed by atoms with Gasteiger partial charge in [0.05, 0.1) is 11.1 Å². The number of hydrogen-bond donors (Lipinski definition) is 1. The lowest BCUT2D eigenvalue weighted by molar-refractivity contribution is 0.481. The van der Waals surface area contributed by atoms with Gasteiger partial charge in [-0.3, -0.25) is 9.36 Å². The van der Waals surface area contributed by atoms with Gasteiger partial charge in [0.2, 0.25) is 0 Å². The number of thiophene rings is 1. The Morgan fingerprint density at radius 2 is 1.91 bits per heavy atom. The molecule has 0 radical (unpaired) electrons. The van der Waals surface area contributed by atoms with Crippen molar-refractivity contribution in [3.63, 3.8) is 0 Å². The van der Waals surface area contributed by atoms with Crippen LogP contribution >= 0.6 is 22.9 Å². The van der Waals surface area contributed by atoms with Gasteiger partial charge < -0.3 is 5.11 Å². The van der Waals surface area contributed by atoms with Gasteiger partial charge in [-0.2, -0.15) is 0 Å². The van der Waals surface area contributed by atoms with Crippen LogP contribution in [0.25, 0.3) is 26.1 Å². The summed E-state index contributed by atoms with van der Waals surface area (Å²) >= 11 is 7.09. The molecule has 0 spiro atoms. The molecule has 0 saturated carbocycles. The summed E-state index contributed by atoms with van der Waals surface area (Å²) in [7, 11) is 0. The summed E-state index contributed by atoms with van der Waals surface area (Å²) in [6.07, 6.45) is 2.96. The molecule has 0 saturated heterocycles. The fraction of sp³-hybridized carbons (Fsp3) is 0. The first kappa shape index (κ1) is 13.2. The first-order valence-corrected chi connectivity index (χ1v) is 7.58. The van der Waals surface area contributed by atoms with Crippen LogP contribution in [0.2, 0.25) is 5.02 Å². The van der Waals surface area contributed by atoms with Crippen LogP contribution in [0, 0.1) is 0 Å². The van der Waals surface area contributed by atoms with Crippen molar-refractivity contribution in [3.05, 3.63) is 58.2 Å². The Morgan fingerprint density at radius 3 is 2.68 bits per heavy atom. The van der Waals surface area contributed by atoms with Gasteiger partial charge in [-0.15, -0.1) is 11.3 Å². The topological polar surface area (TPSA) is 68.0 Å². The molecule has 0 aliphatic rings. The molecule has 7 heteroatoms. The van der Waals surface area contributed by atoms with Gasteiger partial charge in [-0.25, -0.2) is 9.97 Å². The zero-order valence-corrected chi connectivity index (χ0v) is 12.6. The highest BCUT2D eigenvalue weighted by atomic mass is 35.5. The third kappa shape index (κ3) is 1.88. The van der Waals surface area contributed by atoms with Crippen molar-refractivity contribution in [1.82, 2.24) is 14.5 Å². The lowest BCUT2D eigenvalue weighted by atomic mass is 10.2. The highest BCUT2D eigenvalue weighted by Gasteiger charge is 2.15. The number of aromatic nitrogens is 3. The van der Waals surface area contributed by atoms with Crippen LogP contribution in [-0.2, 0) is 0 Å². The molecule has 22 heavy (non-hydrogen) atoms. The van der Waals surface area contributed by atoms with Crippen molar-refractivity contribution < 1.29 is 5.11 Å². The van der Waals surface area contributed by atoms with E-state index < -0.39 is 0 Å². The summed E-state index contributed by atoms with van der Waals surface area (Å²) in [4.78, 5) is 21.8. The van der Waals surface area contributed by atoms with Crippen LogP contribution in [0.5, 0.6) is 5.75 Å². The summed E-state index contributed by atoms with van der Waals surface area (Å²) in [6.45, 7) is 0. The third-order valence-electron chi connectivity index (χ3n) is 3.36. The lowest BCUT2D eigenvalue weighted by Crippen LogP contribution is -2.17. The molecule has 0 fully saturated rings. The fourth-order valence-electron chi connectivity index (χ4n) is 2.32. The summed E-state index contributed by atoms with van der Waals surface area (Å²) in [5.74, 6) is 0.0763. The molecule has 1 N–H and O–H groups in total. The zero-order valence-electron chi connectivity index (χ0n) is 11.0.